The Balaban J connectivity index is 1.40. The van der Waals surface area contributed by atoms with E-state index in [0.29, 0.717) is 11.5 Å². The third kappa shape index (κ3) is 3.89. The Morgan fingerprint density at radius 2 is 1.96 bits per heavy atom. The van der Waals surface area contributed by atoms with E-state index in [2.05, 4.69) is 14.8 Å². The summed E-state index contributed by atoms with van der Waals surface area (Å²) in [5.74, 6) is 1.90. The van der Waals surface area contributed by atoms with Gasteiger partial charge in [0.25, 0.3) is 5.91 Å². The molecule has 1 unspecified atom stereocenters. The summed E-state index contributed by atoms with van der Waals surface area (Å²) in [4.78, 5) is 14.5. The van der Waals surface area contributed by atoms with Gasteiger partial charge in [-0.25, -0.2) is 4.39 Å². The van der Waals surface area contributed by atoms with E-state index in [9.17, 15) is 9.18 Å². The summed E-state index contributed by atoms with van der Waals surface area (Å²) in [6.45, 7) is 2.52. The molecule has 132 valence electrons. The summed E-state index contributed by atoms with van der Waals surface area (Å²) in [6.07, 6.45) is 7.40. The van der Waals surface area contributed by atoms with Gasteiger partial charge < -0.3 is 9.47 Å². The van der Waals surface area contributed by atoms with Gasteiger partial charge in [-0.3, -0.25) is 4.79 Å². The molecule has 1 aliphatic heterocycles. The van der Waals surface area contributed by atoms with Crippen molar-refractivity contribution in [3.8, 4) is 0 Å². The van der Waals surface area contributed by atoms with Crippen LogP contribution >= 0.6 is 0 Å². The smallest absolute Gasteiger partial charge is 0.253 e. The number of piperidine rings is 1. The quantitative estimate of drug-likeness (QED) is 0.839. The van der Waals surface area contributed by atoms with Crippen molar-refractivity contribution in [3.63, 3.8) is 0 Å². The molecule has 1 saturated heterocycles. The van der Waals surface area contributed by atoms with Crippen molar-refractivity contribution in [2.24, 2.45) is 11.8 Å². The maximum atomic E-state index is 13.1. The third-order valence-corrected chi connectivity index (χ3v) is 5.22. The number of hydrogen-bond donors (Lipinski definition) is 0. The Bertz CT molecular complexity index is 738. The predicted molar refractivity (Wildman–Crippen MR) is 91.5 cm³/mol. The molecule has 25 heavy (non-hydrogen) atoms. The molecule has 0 radical (unpaired) electrons. The molecular weight excluding hydrogens is 319 g/mol. The lowest BCUT2D eigenvalue weighted by molar-refractivity contribution is 0.0671. The molecule has 1 saturated carbocycles. The zero-order valence-electron chi connectivity index (χ0n) is 14.3. The van der Waals surface area contributed by atoms with E-state index in [1.807, 2.05) is 11.2 Å². The molecule has 0 spiro atoms. The number of rotatable bonds is 5. The highest BCUT2D eigenvalue weighted by Gasteiger charge is 2.27. The highest BCUT2D eigenvalue weighted by molar-refractivity contribution is 5.94. The van der Waals surface area contributed by atoms with E-state index >= 15 is 0 Å². The summed E-state index contributed by atoms with van der Waals surface area (Å²) in [5.41, 5.74) is 0.555. The fourth-order valence-electron chi connectivity index (χ4n) is 3.62. The molecule has 2 aromatic rings. The summed E-state index contributed by atoms with van der Waals surface area (Å²) >= 11 is 0. The first-order valence-corrected chi connectivity index (χ1v) is 9.10. The Morgan fingerprint density at radius 1 is 1.16 bits per heavy atom. The molecule has 2 fully saturated rings. The first kappa shape index (κ1) is 16.2. The number of aromatic nitrogens is 3. The predicted octanol–water partition coefficient (Wildman–Crippen LogP) is 2.92. The molecule has 1 aromatic heterocycles. The van der Waals surface area contributed by atoms with Crippen molar-refractivity contribution >= 4 is 5.91 Å². The van der Waals surface area contributed by atoms with Gasteiger partial charge in [0, 0.05) is 31.6 Å². The number of amides is 1. The molecule has 1 amide bonds. The first-order chi connectivity index (χ1) is 12.2. The highest BCUT2D eigenvalue weighted by Crippen LogP contribution is 2.31. The van der Waals surface area contributed by atoms with Gasteiger partial charge >= 0.3 is 0 Å². The number of likely N-dealkylation sites (tertiary alicyclic amines) is 1. The first-order valence-electron chi connectivity index (χ1n) is 9.10. The standard InChI is InChI=1S/C19H23FN4O/c20-17-7-5-16(6-8-17)19(25)23-9-1-2-15(12-23)10-18-22-21-13-24(18)11-14-3-4-14/h5-8,13-15H,1-4,9-12H2. The fraction of sp³-hybridized carbons (Fsp3) is 0.526. The minimum atomic E-state index is -0.317. The van der Waals surface area contributed by atoms with Crippen LogP contribution in [-0.2, 0) is 13.0 Å². The molecule has 1 atom stereocenters. The van der Waals surface area contributed by atoms with E-state index in [0.717, 1.165) is 50.6 Å². The van der Waals surface area contributed by atoms with Gasteiger partial charge in [-0.15, -0.1) is 10.2 Å². The van der Waals surface area contributed by atoms with Gasteiger partial charge in [0.1, 0.15) is 18.0 Å². The monoisotopic (exact) mass is 342 g/mol. The zero-order valence-corrected chi connectivity index (χ0v) is 14.3. The van der Waals surface area contributed by atoms with Crippen LogP contribution in [0, 0.1) is 17.7 Å². The van der Waals surface area contributed by atoms with Crippen LogP contribution in [0.3, 0.4) is 0 Å². The van der Waals surface area contributed by atoms with E-state index in [-0.39, 0.29) is 11.7 Å². The van der Waals surface area contributed by atoms with Crippen LogP contribution in [0.2, 0.25) is 0 Å². The van der Waals surface area contributed by atoms with Gasteiger partial charge in [0.05, 0.1) is 0 Å². The molecule has 1 aliphatic carbocycles. The number of halogens is 1. The van der Waals surface area contributed by atoms with Crippen molar-refractivity contribution in [2.45, 2.75) is 38.6 Å². The lowest BCUT2D eigenvalue weighted by Crippen LogP contribution is -2.40. The Labute approximate surface area is 146 Å². The number of nitrogens with zero attached hydrogens (tertiary/aromatic N) is 4. The van der Waals surface area contributed by atoms with Gasteiger partial charge in [-0.2, -0.15) is 0 Å². The van der Waals surface area contributed by atoms with E-state index in [1.165, 1.54) is 25.0 Å². The summed E-state index contributed by atoms with van der Waals surface area (Å²) < 4.78 is 15.2. The largest absolute Gasteiger partial charge is 0.338 e. The lowest BCUT2D eigenvalue weighted by Gasteiger charge is -2.32. The van der Waals surface area contributed by atoms with Crippen molar-refractivity contribution in [2.75, 3.05) is 13.1 Å². The fourth-order valence-corrected chi connectivity index (χ4v) is 3.62. The van der Waals surface area contributed by atoms with Crippen LogP contribution in [0.1, 0.15) is 41.9 Å². The number of carbonyl (C=O) groups is 1. The topological polar surface area (TPSA) is 51.0 Å². The summed E-state index contributed by atoms with van der Waals surface area (Å²) in [7, 11) is 0. The van der Waals surface area contributed by atoms with Gasteiger partial charge in [0.2, 0.25) is 0 Å². The average Bonchev–Trinajstić information content (AvgIpc) is 3.34. The van der Waals surface area contributed by atoms with E-state index in [1.54, 1.807) is 12.1 Å². The maximum absolute atomic E-state index is 13.1. The summed E-state index contributed by atoms with van der Waals surface area (Å²) in [6, 6.07) is 5.81. The highest BCUT2D eigenvalue weighted by atomic mass is 19.1. The molecule has 2 heterocycles. The Kier molecular flexibility index (Phi) is 4.51. The van der Waals surface area contributed by atoms with Gasteiger partial charge in [-0.05, 0) is 61.8 Å². The Morgan fingerprint density at radius 3 is 2.72 bits per heavy atom. The molecule has 4 rings (SSSR count). The number of carbonyl (C=O) groups excluding carboxylic acids is 1. The second-order valence-electron chi connectivity index (χ2n) is 7.31. The minimum absolute atomic E-state index is 0.0100. The molecule has 0 N–H and O–H groups in total. The summed E-state index contributed by atoms with van der Waals surface area (Å²) in [5, 5.41) is 8.37. The minimum Gasteiger partial charge on any atom is -0.338 e. The van der Waals surface area contributed by atoms with Crippen molar-refractivity contribution < 1.29 is 9.18 Å². The Hall–Kier alpha value is -2.24. The van der Waals surface area contributed by atoms with Crippen LogP contribution in [0.5, 0.6) is 0 Å². The average molecular weight is 342 g/mol. The SMILES string of the molecule is O=C(c1ccc(F)cc1)N1CCCC(Cc2nncn2CC2CC2)C1. The van der Waals surface area contributed by atoms with Gasteiger partial charge in [0.15, 0.2) is 0 Å². The van der Waals surface area contributed by atoms with Crippen LogP contribution in [-0.4, -0.2) is 38.7 Å². The van der Waals surface area contributed by atoms with Crippen LogP contribution in [0.4, 0.5) is 4.39 Å². The number of benzene rings is 1. The maximum Gasteiger partial charge on any atom is 0.253 e. The lowest BCUT2D eigenvalue weighted by atomic mass is 9.94. The molecule has 1 aromatic carbocycles. The van der Waals surface area contributed by atoms with Crippen LogP contribution in [0.15, 0.2) is 30.6 Å². The van der Waals surface area contributed by atoms with E-state index < -0.39 is 0 Å². The van der Waals surface area contributed by atoms with Crippen LogP contribution in [0.25, 0.3) is 0 Å². The molecule has 6 heteroatoms. The second kappa shape index (κ2) is 6.94. The second-order valence-corrected chi connectivity index (χ2v) is 7.31. The van der Waals surface area contributed by atoms with Crippen LogP contribution < -0.4 is 0 Å². The zero-order chi connectivity index (χ0) is 17.2. The molecular formula is C19H23FN4O. The van der Waals surface area contributed by atoms with Gasteiger partial charge in [-0.1, -0.05) is 0 Å². The normalized spacial score (nSPS) is 20.7. The number of hydrogen-bond acceptors (Lipinski definition) is 3. The third-order valence-electron chi connectivity index (χ3n) is 5.22. The molecule has 2 aliphatic rings. The van der Waals surface area contributed by atoms with E-state index in [4.69, 9.17) is 0 Å². The van der Waals surface area contributed by atoms with Crippen molar-refractivity contribution in [1.29, 1.82) is 0 Å². The molecule has 5 nitrogen and oxygen atoms in total. The molecule has 0 bridgehead atoms. The van der Waals surface area contributed by atoms with Crippen molar-refractivity contribution in [1.82, 2.24) is 19.7 Å². The van der Waals surface area contributed by atoms with Crippen molar-refractivity contribution in [3.05, 3.63) is 47.8 Å².